The minimum absolute atomic E-state index is 0.00936. The SMILES string of the molecule is O=C(CCCCCN1C(=O)/C(=C/c2ccccc2OC2CCCCC2)SC1=S)Nc1nc2c(s1)CN(Cc1ccccc1)CC2. The van der Waals surface area contributed by atoms with Crippen molar-refractivity contribution in [3.05, 3.63) is 81.2 Å². The highest BCUT2D eigenvalue weighted by Gasteiger charge is 2.32. The Morgan fingerprint density at radius 1 is 1.04 bits per heavy atom. The first-order valence-electron chi connectivity index (χ1n) is 16.1. The lowest BCUT2D eigenvalue weighted by Crippen LogP contribution is -2.29. The van der Waals surface area contributed by atoms with Crippen molar-refractivity contribution in [2.24, 2.45) is 0 Å². The van der Waals surface area contributed by atoms with Crippen LogP contribution >= 0.6 is 35.3 Å². The summed E-state index contributed by atoms with van der Waals surface area (Å²) in [6.45, 7) is 3.32. The summed E-state index contributed by atoms with van der Waals surface area (Å²) < 4.78 is 6.92. The number of carbonyl (C=O) groups excluding carboxylic acids is 2. The van der Waals surface area contributed by atoms with Gasteiger partial charge in [0, 0.05) is 49.5 Å². The van der Waals surface area contributed by atoms with E-state index >= 15 is 0 Å². The number of nitrogens with one attached hydrogen (secondary N) is 1. The average molecular weight is 661 g/mol. The predicted molar refractivity (Wildman–Crippen MR) is 187 cm³/mol. The molecule has 2 fully saturated rings. The van der Waals surface area contributed by atoms with E-state index in [-0.39, 0.29) is 17.9 Å². The van der Waals surface area contributed by atoms with E-state index in [1.165, 1.54) is 41.5 Å². The topological polar surface area (TPSA) is 74.8 Å². The molecule has 10 heteroatoms. The second-order valence-corrected chi connectivity index (χ2v) is 14.7. The number of nitrogens with zero attached hydrogens (tertiary/aromatic N) is 3. The van der Waals surface area contributed by atoms with Gasteiger partial charge in [-0.1, -0.05) is 85.4 Å². The first-order chi connectivity index (χ1) is 22.0. The van der Waals surface area contributed by atoms with E-state index < -0.39 is 0 Å². The largest absolute Gasteiger partial charge is 0.490 e. The van der Waals surface area contributed by atoms with Crippen LogP contribution in [0.15, 0.2) is 59.5 Å². The lowest BCUT2D eigenvalue weighted by molar-refractivity contribution is -0.122. The predicted octanol–water partition coefficient (Wildman–Crippen LogP) is 7.81. The summed E-state index contributed by atoms with van der Waals surface area (Å²) in [7, 11) is 0. The zero-order chi connectivity index (χ0) is 31.0. The number of rotatable bonds is 12. The molecule has 45 heavy (non-hydrogen) atoms. The van der Waals surface area contributed by atoms with Crippen LogP contribution in [0.25, 0.3) is 6.08 Å². The van der Waals surface area contributed by atoms with Crippen LogP contribution in [0, 0.1) is 0 Å². The third kappa shape index (κ3) is 8.61. The zero-order valence-electron chi connectivity index (χ0n) is 25.5. The quantitative estimate of drug-likeness (QED) is 0.121. The Morgan fingerprint density at radius 3 is 2.69 bits per heavy atom. The first kappa shape index (κ1) is 31.9. The van der Waals surface area contributed by atoms with Gasteiger partial charge in [-0.3, -0.25) is 19.4 Å². The summed E-state index contributed by atoms with van der Waals surface area (Å²) in [6.07, 6.45) is 11.7. The number of fused-ring (bicyclic) bond motifs is 1. The van der Waals surface area contributed by atoms with Crippen LogP contribution in [0.5, 0.6) is 5.75 Å². The Bertz CT molecular complexity index is 1530. The summed E-state index contributed by atoms with van der Waals surface area (Å²) in [6, 6.07) is 18.5. The van der Waals surface area contributed by atoms with Gasteiger partial charge in [-0.15, -0.1) is 11.3 Å². The second-order valence-electron chi connectivity index (χ2n) is 11.9. The molecule has 1 N–H and O–H groups in total. The van der Waals surface area contributed by atoms with Gasteiger partial charge in [-0.25, -0.2) is 4.98 Å². The molecule has 3 heterocycles. The molecule has 0 bridgehead atoms. The maximum Gasteiger partial charge on any atom is 0.266 e. The molecule has 1 saturated carbocycles. The number of thiocarbonyl (C=S) groups is 1. The first-order valence-corrected chi connectivity index (χ1v) is 18.1. The third-order valence-corrected chi connectivity index (χ3v) is 10.9. The van der Waals surface area contributed by atoms with Gasteiger partial charge >= 0.3 is 0 Å². The number of thioether (sulfide) groups is 1. The molecule has 0 spiro atoms. The third-order valence-electron chi connectivity index (χ3n) is 8.52. The molecule has 1 aliphatic carbocycles. The van der Waals surface area contributed by atoms with Crippen molar-refractivity contribution in [1.82, 2.24) is 14.8 Å². The van der Waals surface area contributed by atoms with Crippen LogP contribution in [0.3, 0.4) is 0 Å². The van der Waals surface area contributed by atoms with Crippen LogP contribution in [0.2, 0.25) is 0 Å². The summed E-state index contributed by atoms with van der Waals surface area (Å²) in [5, 5.41) is 3.71. The summed E-state index contributed by atoms with van der Waals surface area (Å²) in [5.74, 6) is 0.770. The van der Waals surface area contributed by atoms with E-state index in [1.807, 2.05) is 36.4 Å². The smallest absolute Gasteiger partial charge is 0.266 e. The van der Waals surface area contributed by atoms with E-state index in [0.29, 0.717) is 27.3 Å². The molecule has 2 amide bonds. The molecular formula is C35H40N4O3S3. The molecule has 2 aliphatic heterocycles. The molecule has 1 aromatic heterocycles. The number of carbonyl (C=O) groups is 2. The number of amides is 2. The normalized spacial score (nSPS) is 18.4. The minimum atomic E-state index is -0.0507. The number of thiazole rings is 1. The van der Waals surface area contributed by atoms with Crippen LogP contribution in [0.1, 0.15) is 79.5 Å². The molecule has 2 aromatic carbocycles. The van der Waals surface area contributed by atoms with Gasteiger partial charge < -0.3 is 10.1 Å². The fourth-order valence-corrected chi connectivity index (χ4v) is 8.46. The lowest BCUT2D eigenvalue weighted by atomic mass is 9.97. The Kier molecular flexibility index (Phi) is 11.0. The lowest BCUT2D eigenvalue weighted by Gasteiger charge is -2.25. The minimum Gasteiger partial charge on any atom is -0.490 e. The number of hydrogen-bond donors (Lipinski definition) is 1. The fraction of sp³-hybridized carbons (Fsp3) is 0.429. The maximum atomic E-state index is 13.2. The molecule has 3 aliphatic rings. The van der Waals surface area contributed by atoms with Gasteiger partial charge in [0.1, 0.15) is 10.1 Å². The van der Waals surface area contributed by atoms with E-state index in [1.54, 1.807) is 16.2 Å². The van der Waals surface area contributed by atoms with Gasteiger partial charge in [0.05, 0.1) is 16.7 Å². The van der Waals surface area contributed by atoms with Crippen molar-refractivity contribution in [3.63, 3.8) is 0 Å². The number of unbranched alkanes of at least 4 members (excludes halogenated alkanes) is 2. The Morgan fingerprint density at radius 2 is 1.84 bits per heavy atom. The van der Waals surface area contributed by atoms with E-state index in [0.717, 1.165) is 75.2 Å². The molecular weight excluding hydrogens is 621 g/mol. The standard InChI is InChI=1S/C35H40N4O3S3/c40-32(37-34-36-28-19-21-38(24-31(28)44-34)23-25-12-4-1-5-13-25)18-8-3-11-20-39-33(41)30(45-35(39)43)22-26-14-9-10-17-29(26)42-27-15-6-2-7-16-27/h1,4-5,9-10,12-14,17,22,27H,2-3,6-8,11,15-16,18-21,23-24H2,(H,36,37,40)/b30-22-. The Labute approximate surface area is 279 Å². The van der Waals surface area contributed by atoms with Crippen LogP contribution in [-0.4, -0.2) is 50.1 Å². The monoisotopic (exact) mass is 660 g/mol. The van der Waals surface area contributed by atoms with Crippen molar-refractivity contribution < 1.29 is 14.3 Å². The summed E-state index contributed by atoms with van der Waals surface area (Å²) >= 11 is 8.51. The molecule has 6 rings (SSSR count). The fourth-order valence-electron chi connectivity index (χ4n) is 6.10. The molecule has 7 nitrogen and oxygen atoms in total. The van der Waals surface area contributed by atoms with Gasteiger partial charge in [-0.05, 0) is 56.2 Å². The Hall–Kier alpha value is -3.05. The number of aromatic nitrogens is 1. The van der Waals surface area contributed by atoms with Crippen LogP contribution in [-0.2, 0) is 29.1 Å². The van der Waals surface area contributed by atoms with Crippen molar-refractivity contribution in [1.29, 1.82) is 0 Å². The van der Waals surface area contributed by atoms with E-state index in [9.17, 15) is 9.59 Å². The molecule has 236 valence electrons. The van der Waals surface area contributed by atoms with Gasteiger partial charge in [0.2, 0.25) is 5.91 Å². The Balaban J connectivity index is 0.927. The average Bonchev–Trinajstić information content (AvgIpc) is 3.57. The highest BCUT2D eigenvalue weighted by atomic mass is 32.2. The number of benzene rings is 2. The van der Waals surface area contributed by atoms with Crippen LogP contribution in [0.4, 0.5) is 5.13 Å². The van der Waals surface area contributed by atoms with Crippen molar-refractivity contribution in [2.75, 3.05) is 18.4 Å². The molecule has 0 radical (unpaired) electrons. The molecule has 0 atom stereocenters. The van der Waals surface area contributed by atoms with Crippen molar-refractivity contribution in [3.8, 4) is 5.75 Å². The number of anilines is 1. The molecule has 3 aromatic rings. The van der Waals surface area contributed by atoms with Gasteiger partial charge in [0.15, 0.2) is 5.13 Å². The van der Waals surface area contributed by atoms with Crippen molar-refractivity contribution >= 4 is 62.7 Å². The van der Waals surface area contributed by atoms with Crippen LogP contribution < -0.4 is 10.1 Å². The number of ether oxygens (including phenoxy) is 1. The van der Waals surface area contributed by atoms with Gasteiger partial charge in [0.25, 0.3) is 5.91 Å². The summed E-state index contributed by atoms with van der Waals surface area (Å²) in [4.78, 5) is 36.6. The highest BCUT2D eigenvalue weighted by molar-refractivity contribution is 8.26. The molecule has 1 saturated heterocycles. The summed E-state index contributed by atoms with van der Waals surface area (Å²) in [5.41, 5.74) is 3.34. The second kappa shape index (κ2) is 15.5. The zero-order valence-corrected chi connectivity index (χ0v) is 28.0. The number of hydrogen-bond acceptors (Lipinski definition) is 8. The molecule has 0 unspecified atom stereocenters. The van der Waals surface area contributed by atoms with E-state index in [2.05, 4.69) is 34.5 Å². The maximum absolute atomic E-state index is 13.2. The van der Waals surface area contributed by atoms with Crippen molar-refractivity contribution in [2.45, 2.75) is 83.4 Å². The number of para-hydroxylation sites is 1. The van der Waals surface area contributed by atoms with E-state index in [4.69, 9.17) is 21.9 Å². The highest BCUT2D eigenvalue weighted by Crippen LogP contribution is 2.35. The van der Waals surface area contributed by atoms with Gasteiger partial charge in [-0.2, -0.15) is 0 Å².